The molecule has 2 N–H and O–H groups in total. The topological polar surface area (TPSA) is 58.6 Å². The van der Waals surface area contributed by atoms with Crippen molar-refractivity contribution in [2.45, 2.75) is 46.6 Å². The summed E-state index contributed by atoms with van der Waals surface area (Å²) in [5.74, 6) is -0.107. The quantitative estimate of drug-likeness (QED) is 0.806. The van der Waals surface area contributed by atoms with Gasteiger partial charge >= 0.3 is 5.97 Å². The van der Waals surface area contributed by atoms with Crippen molar-refractivity contribution in [3.8, 4) is 5.75 Å². The predicted molar refractivity (Wildman–Crippen MR) is 80.5 cm³/mol. The second-order valence-electron chi connectivity index (χ2n) is 5.51. The number of hydrogen-bond acceptors (Lipinski definition) is 3. The first-order valence-electron chi connectivity index (χ1n) is 7.00. The van der Waals surface area contributed by atoms with E-state index in [-0.39, 0.29) is 6.61 Å². The molecule has 1 atom stereocenters. The van der Waals surface area contributed by atoms with Crippen LogP contribution in [0.3, 0.4) is 0 Å². The van der Waals surface area contributed by atoms with Crippen molar-refractivity contribution >= 4 is 5.97 Å². The summed E-state index contributed by atoms with van der Waals surface area (Å²) in [6, 6.07) is 4.04. The Morgan fingerprint density at radius 2 is 1.90 bits per heavy atom. The van der Waals surface area contributed by atoms with Crippen molar-refractivity contribution in [2.24, 2.45) is 0 Å². The molecule has 4 nitrogen and oxygen atoms in total. The van der Waals surface area contributed by atoms with Gasteiger partial charge in [0.1, 0.15) is 17.9 Å². The molecule has 0 aromatic heterocycles. The summed E-state index contributed by atoms with van der Waals surface area (Å²) in [4.78, 5) is 11.4. The number of aryl methyl sites for hydroxylation is 2. The van der Waals surface area contributed by atoms with E-state index in [1.807, 2.05) is 39.8 Å². The number of carbonyl (C=O) groups is 1. The van der Waals surface area contributed by atoms with E-state index in [0.29, 0.717) is 6.54 Å². The average Bonchev–Trinajstić information content (AvgIpc) is 2.40. The molecule has 0 heterocycles. The maximum atomic E-state index is 11.4. The van der Waals surface area contributed by atoms with Gasteiger partial charge < -0.3 is 9.84 Å². The third-order valence-corrected chi connectivity index (χ3v) is 3.62. The van der Waals surface area contributed by atoms with E-state index in [2.05, 4.69) is 5.32 Å². The van der Waals surface area contributed by atoms with Crippen LogP contribution >= 0.6 is 0 Å². The lowest BCUT2D eigenvalue weighted by molar-refractivity contribution is -0.145. The third kappa shape index (κ3) is 3.73. The van der Waals surface area contributed by atoms with Gasteiger partial charge in [-0.25, -0.2) is 0 Å². The SMILES string of the molecule is CCCNC(C)(COc1c(C)ccc(C)c1C)C(=O)O. The van der Waals surface area contributed by atoms with Crippen LogP contribution in [0.25, 0.3) is 0 Å². The molecule has 0 aliphatic rings. The number of benzene rings is 1. The lowest BCUT2D eigenvalue weighted by atomic mass is 10.0. The fourth-order valence-corrected chi connectivity index (χ4v) is 1.95. The zero-order valence-electron chi connectivity index (χ0n) is 13.0. The molecule has 0 aliphatic carbocycles. The molecule has 112 valence electrons. The van der Waals surface area contributed by atoms with Crippen LogP contribution in [0.4, 0.5) is 0 Å². The van der Waals surface area contributed by atoms with Gasteiger partial charge in [-0.15, -0.1) is 0 Å². The van der Waals surface area contributed by atoms with Gasteiger partial charge in [0.25, 0.3) is 0 Å². The Hall–Kier alpha value is -1.55. The highest BCUT2D eigenvalue weighted by Crippen LogP contribution is 2.26. The van der Waals surface area contributed by atoms with Crippen LogP contribution in [0.15, 0.2) is 12.1 Å². The number of hydrogen-bond donors (Lipinski definition) is 2. The van der Waals surface area contributed by atoms with Crippen molar-refractivity contribution in [1.29, 1.82) is 0 Å². The lowest BCUT2D eigenvalue weighted by Gasteiger charge is -2.27. The largest absolute Gasteiger partial charge is 0.490 e. The van der Waals surface area contributed by atoms with E-state index >= 15 is 0 Å². The molecule has 0 saturated heterocycles. The van der Waals surface area contributed by atoms with Gasteiger partial charge in [-0.3, -0.25) is 10.1 Å². The van der Waals surface area contributed by atoms with Crippen LogP contribution in [0.1, 0.15) is 37.0 Å². The molecule has 20 heavy (non-hydrogen) atoms. The number of carboxylic acids is 1. The minimum atomic E-state index is -1.07. The molecule has 0 amide bonds. The number of nitrogens with one attached hydrogen (secondary N) is 1. The van der Waals surface area contributed by atoms with Crippen molar-refractivity contribution in [2.75, 3.05) is 13.2 Å². The Morgan fingerprint density at radius 3 is 2.45 bits per heavy atom. The molecule has 1 rings (SSSR count). The summed E-state index contributed by atoms with van der Waals surface area (Å²) in [6.07, 6.45) is 0.880. The summed E-state index contributed by atoms with van der Waals surface area (Å²) in [6.45, 7) is 10.4. The summed E-state index contributed by atoms with van der Waals surface area (Å²) in [7, 11) is 0. The Morgan fingerprint density at radius 1 is 1.30 bits per heavy atom. The molecule has 4 heteroatoms. The second kappa shape index (κ2) is 6.75. The van der Waals surface area contributed by atoms with Crippen LogP contribution in [-0.2, 0) is 4.79 Å². The molecule has 0 aliphatic heterocycles. The fraction of sp³-hybridized carbons (Fsp3) is 0.562. The molecule has 1 aromatic carbocycles. The molecule has 1 aromatic rings. The van der Waals surface area contributed by atoms with Gasteiger partial charge in [0.2, 0.25) is 0 Å². The highest BCUT2D eigenvalue weighted by Gasteiger charge is 2.33. The van der Waals surface area contributed by atoms with Crippen LogP contribution in [0.5, 0.6) is 5.75 Å². The Kier molecular flexibility index (Phi) is 5.57. The molecular weight excluding hydrogens is 254 g/mol. The van der Waals surface area contributed by atoms with Crippen molar-refractivity contribution < 1.29 is 14.6 Å². The van der Waals surface area contributed by atoms with Crippen LogP contribution in [0, 0.1) is 20.8 Å². The highest BCUT2D eigenvalue weighted by atomic mass is 16.5. The molecule has 1 unspecified atom stereocenters. The molecule has 0 radical (unpaired) electrons. The first kappa shape index (κ1) is 16.5. The zero-order chi connectivity index (χ0) is 15.3. The summed E-state index contributed by atoms with van der Waals surface area (Å²) in [5.41, 5.74) is 2.16. The summed E-state index contributed by atoms with van der Waals surface area (Å²) < 4.78 is 5.83. The minimum absolute atomic E-state index is 0.105. The predicted octanol–water partition coefficient (Wildman–Crippen LogP) is 2.83. The van der Waals surface area contributed by atoms with Gasteiger partial charge in [0.05, 0.1) is 0 Å². The summed E-state index contributed by atoms with van der Waals surface area (Å²) in [5, 5.41) is 12.4. The lowest BCUT2D eigenvalue weighted by Crippen LogP contribution is -2.54. The van der Waals surface area contributed by atoms with E-state index in [0.717, 1.165) is 28.9 Å². The maximum Gasteiger partial charge on any atom is 0.327 e. The standard InChI is InChI=1S/C16H25NO3/c1-6-9-17-16(5,15(18)19)10-20-14-12(3)8-7-11(2)13(14)4/h7-8,17H,6,9-10H2,1-5H3,(H,18,19). The number of ether oxygens (including phenoxy) is 1. The van der Waals surface area contributed by atoms with Gasteiger partial charge in [0, 0.05) is 0 Å². The Balaban J connectivity index is 2.88. The van der Waals surface area contributed by atoms with Crippen LogP contribution in [-0.4, -0.2) is 29.8 Å². The van der Waals surface area contributed by atoms with E-state index in [4.69, 9.17) is 4.74 Å². The zero-order valence-corrected chi connectivity index (χ0v) is 13.0. The maximum absolute atomic E-state index is 11.4. The van der Waals surface area contributed by atoms with Crippen LogP contribution < -0.4 is 10.1 Å². The van der Waals surface area contributed by atoms with Crippen LogP contribution in [0.2, 0.25) is 0 Å². The van der Waals surface area contributed by atoms with E-state index in [9.17, 15) is 9.90 Å². The van der Waals surface area contributed by atoms with Crippen molar-refractivity contribution in [3.05, 3.63) is 28.8 Å². The van der Waals surface area contributed by atoms with Crippen molar-refractivity contribution in [1.82, 2.24) is 5.32 Å². The van der Waals surface area contributed by atoms with Gasteiger partial charge in [0.15, 0.2) is 0 Å². The molecule has 0 bridgehead atoms. The van der Waals surface area contributed by atoms with Gasteiger partial charge in [-0.1, -0.05) is 19.1 Å². The Labute approximate surface area is 121 Å². The average molecular weight is 279 g/mol. The van der Waals surface area contributed by atoms with E-state index in [1.54, 1.807) is 6.92 Å². The molecular formula is C16H25NO3. The first-order valence-corrected chi connectivity index (χ1v) is 7.00. The smallest absolute Gasteiger partial charge is 0.327 e. The first-order chi connectivity index (χ1) is 9.31. The van der Waals surface area contributed by atoms with Gasteiger partial charge in [-0.2, -0.15) is 0 Å². The number of rotatable bonds is 7. The van der Waals surface area contributed by atoms with E-state index < -0.39 is 11.5 Å². The Bertz CT molecular complexity index is 485. The summed E-state index contributed by atoms with van der Waals surface area (Å²) >= 11 is 0. The third-order valence-electron chi connectivity index (χ3n) is 3.62. The fourth-order valence-electron chi connectivity index (χ4n) is 1.95. The second-order valence-corrected chi connectivity index (χ2v) is 5.51. The minimum Gasteiger partial charge on any atom is -0.490 e. The van der Waals surface area contributed by atoms with Crippen molar-refractivity contribution in [3.63, 3.8) is 0 Å². The normalized spacial score (nSPS) is 13.8. The number of carboxylic acid groups (broad SMARTS) is 1. The monoisotopic (exact) mass is 279 g/mol. The molecule has 0 spiro atoms. The number of aliphatic carboxylic acids is 1. The molecule has 0 saturated carbocycles. The molecule has 0 fully saturated rings. The van der Waals surface area contributed by atoms with E-state index in [1.165, 1.54) is 0 Å². The highest BCUT2D eigenvalue weighted by molar-refractivity contribution is 5.78. The van der Waals surface area contributed by atoms with Gasteiger partial charge in [-0.05, 0) is 57.4 Å².